The van der Waals surface area contributed by atoms with Crippen LogP contribution in [0.2, 0.25) is 0 Å². The van der Waals surface area contributed by atoms with Crippen LogP contribution in [0.5, 0.6) is 0 Å². The molecule has 0 N–H and O–H groups in total. The van der Waals surface area contributed by atoms with Crippen LogP contribution in [0.1, 0.15) is 23.2 Å². The lowest BCUT2D eigenvalue weighted by molar-refractivity contribution is -0.0651. The Morgan fingerprint density at radius 3 is 2.29 bits per heavy atom. The number of nitrogens with zero attached hydrogens (tertiary/aromatic N) is 1. The van der Waals surface area contributed by atoms with Crippen LogP contribution in [0.25, 0.3) is 0 Å². The fourth-order valence-corrected chi connectivity index (χ4v) is 3.53. The van der Waals surface area contributed by atoms with E-state index in [0.717, 1.165) is 23.2 Å². The molecule has 0 spiro atoms. The Morgan fingerprint density at radius 2 is 1.58 bits per heavy atom. The Hall–Kier alpha value is -2.97. The summed E-state index contributed by atoms with van der Waals surface area (Å²) in [6.45, 7) is 1.59. The van der Waals surface area contributed by atoms with E-state index in [9.17, 15) is 0 Å². The molecule has 0 unspecified atom stereocenters. The third-order valence-corrected chi connectivity index (χ3v) is 5.16. The molecular weight excluding hydrogens is 386 g/mol. The van der Waals surface area contributed by atoms with E-state index in [0.29, 0.717) is 26.2 Å². The number of rotatable bonds is 8. The fourth-order valence-electron chi connectivity index (χ4n) is 3.53. The van der Waals surface area contributed by atoms with E-state index in [1.807, 2.05) is 54.6 Å². The van der Waals surface area contributed by atoms with E-state index in [1.165, 1.54) is 0 Å². The molecule has 0 aliphatic carbocycles. The van der Waals surface area contributed by atoms with Crippen molar-refractivity contribution in [3.8, 4) is 11.8 Å². The van der Waals surface area contributed by atoms with Crippen LogP contribution in [0, 0.1) is 11.8 Å². The zero-order valence-corrected chi connectivity index (χ0v) is 17.5. The van der Waals surface area contributed by atoms with Crippen LogP contribution in [-0.2, 0) is 33.8 Å². The van der Waals surface area contributed by atoms with Crippen molar-refractivity contribution in [2.24, 2.45) is 0 Å². The van der Waals surface area contributed by atoms with Gasteiger partial charge in [0.25, 0.3) is 0 Å². The molecule has 0 bridgehead atoms. The summed E-state index contributed by atoms with van der Waals surface area (Å²) in [5.74, 6) is 6.46. The molecule has 1 aromatic heterocycles. The average molecular weight is 414 g/mol. The summed E-state index contributed by atoms with van der Waals surface area (Å²) in [6, 6.07) is 26.2. The fraction of sp³-hybridized carbons (Fsp3) is 0.296. The molecule has 158 valence electrons. The Labute approximate surface area is 184 Å². The SMILES string of the molecule is C(#C[C@H]1C[C@H](OCc2ccccc2)[C@@H](COCc2ccccc2)O1)Cc1ccccn1. The number of hydrogen-bond acceptors (Lipinski definition) is 4. The molecule has 0 saturated carbocycles. The lowest BCUT2D eigenvalue weighted by Crippen LogP contribution is -2.29. The lowest BCUT2D eigenvalue weighted by Gasteiger charge is -2.19. The van der Waals surface area contributed by atoms with Crippen molar-refractivity contribution in [3.63, 3.8) is 0 Å². The maximum Gasteiger partial charge on any atom is 0.121 e. The molecule has 3 aromatic rings. The second kappa shape index (κ2) is 11.4. The van der Waals surface area contributed by atoms with Gasteiger partial charge in [-0.25, -0.2) is 0 Å². The van der Waals surface area contributed by atoms with Crippen LogP contribution >= 0.6 is 0 Å². The number of pyridine rings is 1. The normalized spacial score (nSPS) is 20.2. The summed E-state index contributed by atoms with van der Waals surface area (Å²) < 4.78 is 18.4. The molecule has 0 radical (unpaired) electrons. The summed E-state index contributed by atoms with van der Waals surface area (Å²) in [7, 11) is 0. The van der Waals surface area contributed by atoms with E-state index in [4.69, 9.17) is 14.2 Å². The van der Waals surface area contributed by atoms with E-state index in [2.05, 4.69) is 41.1 Å². The third-order valence-electron chi connectivity index (χ3n) is 5.16. The highest BCUT2D eigenvalue weighted by Gasteiger charge is 2.35. The zero-order chi connectivity index (χ0) is 21.1. The van der Waals surface area contributed by atoms with Gasteiger partial charge >= 0.3 is 0 Å². The first-order valence-electron chi connectivity index (χ1n) is 10.7. The first kappa shape index (κ1) is 21.3. The van der Waals surface area contributed by atoms with Gasteiger partial charge in [-0.3, -0.25) is 4.98 Å². The molecule has 1 saturated heterocycles. The summed E-state index contributed by atoms with van der Waals surface area (Å²) in [5, 5.41) is 0. The number of ether oxygens (including phenoxy) is 3. The van der Waals surface area contributed by atoms with Crippen molar-refractivity contribution in [1.82, 2.24) is 4.98 Å². The number of aromatic nitrogens is 1. The van der Waals surface area contributed by atoms with E-state index < -0.39 is 0 Å². The predicted molar refractivity (Wildman–Crippen MR) is 120 cm³/mol. The molecule has 31 heavy (non-hydrogen) atoms. The maximum atomic E-state index is 6.21. The van der Waals surface area contributed by atoms with E-state index >= 15 is 0 Å². The highest BCUT2D eigenvalue weighted by atomic mass is 16.6. The number of benzene rings is 2. The van der Waals surface area contributed by atoms with Crippen molar-refractivity contribution in [2.45, 2.75) is 44.4 Å². The second-order valence-electron chi connectivity index (χ2n) is 7.55. The first-order valence-corrected chi connectivity index (χ1v) is 10.7. The zero-order valence-electron chi connectivity index (χ0n) is 17.5. The summed E-state index contributed by atoms with van der Waals surface area (Å²) in [4.78, 5) is 4.32. The molecule has 4 heteroatoms. The van der Waals surface area contributed by atoms with Gasteiger partial charge in [0, 0.05) is 12.6 Å². The molecule has 1 fully saturated rings. The Bertz CT molecular complexity index is 967. The third kappa shape index (κ3) is 6.77. The van der Waals surface area contributed by atoms with Gasteiger partial charge in [-0.15, -0.1) is 0 Å². The van der Waals surface area contributed by atoms with E-state index in [-0.39, 0.29) is 18.3 Å². The summed E-state index contributed by atoms with van der Waals surface area (Å²) in [6.07, 6.45) is 2.80. The van der Waals surface area contributed by atoms with Gasteiger partial charge in [0.05, 0.1) is 38.0 Å². The van der Waals surface area contributed by atoms with Gasteiger partial charge in [0.1, 0.15) is 12.2 Å². The minimum absolute atomic E-state index is 0.0508. The molecule has 1 aliphatic rings. The smallest absolute Gasteiger partial charge is 0.121 e. The van der Waals surface area contributed by atoms with Crippen molar-refractivity contribution in [1.29, 1.82) is 0 Å². The summed E-state index contributed by atoms with van der Waals surface area (Å²) >= 11 is 0. The minimum atomic E-state index is -0.158. The van der Waals surface area contributed by atoms with Crippen LogP contribution in [0.3, 0.4) is 0 Å². The average Bonchev–Trinajstić information content (AvgIpc) is 3.21. The molecule has 3 atom stereocenters. The Kier molecular flexibility index (Phi) is 7.84. The van der Waals surface area contributed by atoms with Crippen LogP contribution < -0.4 is 0 Å². The van der Waals surface area contributed by atoms with Gasteiger partial charge in [-0.2, -0.15) is 0 Å². The Balaban J connectivity index is 1.34. The predicted octanol–water partition coefficient (Wildman–Crippen LogP) is 4.59. The van der Waals surface area contributed by atoms with Gasteiger partial charge in [-0.05, 0) is 23.3 Å². The highest BCUT2D eigenvalue weighted by molar-refractivity contribution is 5.17. The second-order valence-corrected chi connectivity index (χ2v) is 7.55. The molecule has 1 aliphatic heterocycles. The maximum absolute atomic E-state index is 6.21. The topological polar surface area (TPSA) is 40.6 Å². The number of hydrogen-bond donors (Lipinski definition) is 0. The largest absolute Gasteiger partial charge is 0.374 e. The Morgan fingerprint density at radius 1 is 0.871 bits per heavy atom. The monoisotopic (exact) mass is 413 g/mol. The first-order chi connectivity index (χ1) is 15.4. The van der Waals surface area contributed by atoms with Crippen molar-refractivity contribution in [2.75, 3.05) is 6.61 Å². The van der Waals surface area contributed by atoms with Gasteiger partial charge in [-0.1, -0.05) is 78.6 Å². The van der Waals surface area contributed by atoms with Crippen molar-refractivity contribution < 1.29 is 14.2 Å². The molecule has 2 heterocycles. The van der Waals surface area contributed by atoms with Gasteiger partial charge < -0.3 is 14.2 Å². The quantitative estimate of drug-likeness (QED) is 0.507. The van der Waals surface area contributed by atoms with Gasteiger partial charge in [0.15, 0.2) is 0 Å². The van der Waals surface area contributed by atoms with Crippen molar-refractivity contribution >= 4 is 0 Å². The molecule has 2 aromatic carbocycles. The standard InChI is InChI=1S/C27H27NO3/c1-3-10-22(11-4-1)19-29-21-27-26(30-20-23-12-5-2-6-13-23)18-25(31-27)16-9-15-24-14-7-8-17-28-24/h1-8,10-14,17,25-27H,15,18-21H2/t25-,26-,27+/m0/s1. The minimum Gasteiger partial charge on any atom is -0.374 e. The van der Waals surface area contributed by atoms with Crippen LogP contribution in [0.4, 0.5) is 0 Å². The molecule has 4 nitrogen and oxygen atoms in total. The molecular formula is C27H27NO3. The van der Waals surface area contributed by atoms with Gasteiger partial charge in [0.2, 0.25) is 0 Å². The van der Waals surface area contributed by atoms with Crippen molar-refractivity contribution in [3.05, 3.63) is 102 Å². The summed E-state index contributed by atoms with van der Waals surface area (Å²) in [5.41, 5.74) is 3.26. The van der Waals surface area contributed by atoms with E-state index in [1.54, 1.807) is 6.20 Å². The van der Waals surface area contributed by atoms with Crippen LogP contribution in [0.15, 0.2) is 85.1 Å². The van der Waals surface area contributed by atoms with Crippen LogP contribution in [-0.4, -0.2) is 29.9 Å². The molecule has 0 amide bonds. The lowest BCUT2D eigenvalue weighted by atomic mass is 10.1. The molecule has 4 rings (SSSR count). The highest BCUT2D eigenvalue weighted by Crippen LogP contribution is 2.25.